The third-order valence-electron chi connectivity index (χ3n) is 2.43. The number of benzene rings is 1. The molecular weight excluding hydrogens is 256 g/mol. The van der Waals surface area contributed by atoms with Crippen LogP contribution in [0.25, 0.3) is 0 Å². The largest absolute Gasteiger partial charge is 0.322 e. The van der Waals surface area contributed by atoms with Gasteiger partial charge in [0.05, 0.1) is 0 Å². The number of hydrogen-bond donors (Lipinski definition) is 1. The van der Waals surface area contributed by atoms with Crippen molar-refractivity contribution in [1.82, 2.24) is 4.98 Å². The van der Waals surface area contributed by atoms with Crippen LogP contribution >= 0.6 is 11.8 Å². The van der Waals surface area contributed by atoms with Gasteiger partial charge in [0.25, 0.3) is 5.91 Å². The lowest BCUT2D eigenvalue weighted by Crippen LogP contribution is -2.11. The fourth-order valence-electron chi connectivity index (χ4n) is 1.60. The van der Waals surface area contributed by atoms with Crippen molar-refractivity contribution in [2.45, 2.75) is 24.0 Å². The first-order valence-electron chi connectivity index (χ1n) is 6.13. The van der Waals surface area contributed by atoms with Crippen molar-refractivity contribution < 1.29 is 4.79 Å². The molecule has 2 rings (SSSR count). The van der Waals surface area contributed by atoms with Crippen LogP contribution in [0, 0.1) is 0 Å². The highest BCUT2D eigenvalue weighted by molar-refractivity contribution is 7.99. The highest BCUT2D eigenvalue weighted by atomic mass is 32.2. The molecule has 1 aromatic carbocycles. The summed E-state index contributed by atoms with van der Waals surface area (Å²) in [5.74, 6) is -0.119. The number of nitrogens with zero attached hydrogens (tertiary/aromatic N) is 1. The molecule has 4 heteroatoms. The van der Waals surface area contributed by atoms with Crippen LogP contribution in [0.15, 0.2) is 53.7 Å². The number of nitrogens with one attached hydrogen (secondary N) is 1. The molecule has 2 aromatic rings. The molecule has 19 heavy (non-hydrogen) atoms. The normalized spacial score (nSPS) is 10.5. The Labute approximate surface area is 117 Å². The van der Waals surface area contributed by atoms with Crippen LogP contribution in [0.1, 0.15) is 24.2 Å². The summed E-state index contributed by atoms with van der Waals surface area (Å²) in [6.45, 7) is 4.31. The van der Waals surface area contributed by atoms with E-state index in [1.165, 1.54) is 4.90 Å². The van der Waals surface area contributed by atoms with E-state index in [2.05, 4.69) is 24.1 Å². The Morgan fingerprint density at radius 3 is 2.32 bits per heavy atom. The van der Waals surface area contributed by atoms with Crippen LogP contribution < -0.4 is 5.32 Å². The van der Waals surface area contributed by atoms with Gasteiger partial charge in [0.15, 0.2) is 0 Å². The van der Waals surface area contributed by atoms with Crippen LogP contribution in [-0.4, -0.2) is 16.1 Å². The summed E-state index contributed by atoms with van der Waals surface area (Å²) in [5.41, 5.74) is 1.41. The summed E-state index contributed by atoms with van der Waals surface area (Å²) in [5, 5.41) is 3.42. The van der Waals surface area contributed by atoms with Gasteiger partial charge in [-0.25, -0.2) is 0 Å². The van der Waals surface area contributed by atoms with Crippen molar-refractivity contribution in [3.8, 4) is 0 Å². The maximum atomic E-state index is 11.9. The molecule has 0 aliphatic heterocycles. The predicted octanol–water partition coefficient (Wildman–Crippen LogP) is 3.83. The molecule has 1 heterocycles. The molecule has 0 saturated heterocycles. The van der Waals surface area contributed by atoms with Gasteiger partial charge in [0.2, 0.25) is 0 Å². The van der Waals surface area contributed by atoms with Gasteiger partial charge in [-0.1, -0.05) is 13.8 Å². The van der Waals surface area contributed by atoms with Crippen LogP contribution in [-0.2, 0) is 0 Å². The molecule has 98 valence electrons. The molecule has 3 nitrogen and oxygen atoms in total. The lowest BCUT2D eigenvalue weighted by Gasteiger charge is -2.07. The first-order chi connectivity index (χ1) is 9.15. The standard InChI is InChI=1S/C15H16N2OS/c1-11(2)19-14-5-3-13(4-6-14)17-15(18)12-7-9-16-10-8-12/h3-11H,1-2H3,(H,17,18). The molecule has 0 fully saturated rings. The minimum Gasteiger partial charge on any atom is -0.322 e. The topological polar surface area (TPSA) is 42.0 Å². The number of thioether (sulfide) groups is 1. The predicted molar refractivity (Wildman–Crippen MR) is 79.6 cm³/mol. The zero-order valence-corrected chi connectivity index (χ0v) is 11.8. The van der Waals surface area contributed by atoms with Crippen molar-refractivity contribution in [3.05, 3.63) is 54.4 Å². The first kappa shape index (κ1) is 13.6. The lowest BCUT2D eigenvalue weighted by atomic mass is 10.2. The summed E-state index contributed by atoms with van der Waals surface area (Å²) in [6.07, 6.45) is 3.22. The van der Waals surface area contributed by atoms with E-state index in [9.17, 15) is 4.79 Å². The number of rotatable bonds is 4. The van der Waals surface area contributed by atoms with E-state index in [1.54, 1.807) is 36.3 Å². The summed E-state index contributed by atoms with van der Waals surface area (Å²) in [6, 6.07) is 11.3. The zero-order valence-electron chi connectivity index (χ0n) is 11.0. The molecule has 0 unspecified atom stereocenters. The fourth-order valence-corrected chi connectivity index (χ4v) is 2.43. The van der Waals surface area contributed by atoms with Gasteiger partial charge in [-0.05, 0) is 36.4 Å². The Balaban J connectivity index is 2.02. The van der Waals surface area contributed by atoms with Gasteiger partial charge in [0, 0.05) is 33.8 Å². The molecule has 0 radical (unpaired) electrons. The van der Waals surface area contributed by atoms with Gasteiger partial charge < -0.3 is 5.32 Å². The van der Waals surface area contributed by atoms with Crippen molar-refractivity contribution in [3.63, 3.8) is 0 Å². The molecule has 0 aliphatic carbocycles. The second kappa shape index (κ2) is 6.38. The van der Waals surface area contributed by atoms with Gasteiger partial charge in [-0.2, -0.15) is 0 Å². The van der Waals surface area contributed by atoms with Crippen molar-refractivity contribution in [2.75, 3.05) is 5.32 Å². The van der Waals surface area contributed by atoms with Gasteiger partial charge in [-0.15, -0.1) is 11.8 Å². The quantitative estimate of drug-likeness (QED) is 0.860. The van der Waals surface area contributed by atoms with Crippen LogP contribution in [0.4, 0.5) is 5.69 Å². The third kappa shape index (κ3) is 4.10. The van der Waals surface area contributed by atoms with E-state index in [0.717, 1.165) is 5.69 Å². The molecule has 1 N–H and O–H groups in total. The average Bonchev–Trinajstić information content (AvgIpc) is 2.41. The Morgan fingerprint density at radius 1 is 1.11 bits per heavy atom. The van der Waals surface area contributed by atoms with E-state index >= 15 is 0 Å². The maximum absolute atomic E-state index is 11.9. The zero-order chi connectivity index (χ0) is 13.7. The van der Waals surface area contributed by atoms with E-state index in [4.69, 9.17) is 0 Å². The molecule has 1 amide bonds. The van der Waals surface area contributed by atoms with Crippen molar-refractivity contribution in [1.29, 1.82) is 0 Å². The van der Waals surface area contributed by atoms with Crippen molar-refractivity contribution in [2.24, 2.45) is 0 Å². The van der Waals surface area contributed by atoms with E-state index in [-0.39, 0.29) is 5.91 Å². The van der Waals surface area contributed by atoms with E-state index in [0.29, 0.717) is 10.8 Å². The molecule has 0 atom stereocenters. The number of amides is 1. The SMILES string of the molecule is CC(C)Sc1ccc(NC(=O)c2ccncc2)cc1. The second-order valence-electron chi connectivity index (χ2n) is 4.38. The first-order valence-corrected chi connectivity index (χ1v) is 7.01. The molecule has 0 saturated carbocycles. The summed E-state index contributed by atoms with van der Waals surface area (Å²) < 4.78 is 0. The number of aromatic nitrogens is 1. The monoisotopic (exact) mass is 272 g/mol. The maximum Gasteiger partial charge on any atom is 0.255 e. The number of hydrogen-bond acceptors (Lipinski definition) is 3. The number of carbonyl (C=O) groups is 1. The van der Waals surface area contributed by atoms with Crippen LogP contribution in [0.3, 0.4) is 0 Å². The number of anilines is 1. The molecule has 0 aliphatic rings. The molecule has 0 bridgehead atoms. The molecular formula is C15H16N2OS. The highest BCUT2D eigenvalue weighted by Crippen LogP contribution is 2.24. The number of pyridine rings is 1. The smallest absolute Gasteiger partial charge is 0.255 e. The molecule has 1 aromatic heterocycles. The van der Waals surface area contributed by atoms with Crippen LogP contribution in [0.2, 0.25) is 0 Å². The van der Waals surface area contributed by atoms with Crippen molar-refractivity contribution >= 4 is 23.4 Å². The summed E-state index contributed by atoms with van der Waals surface area (Å²) in [4.78, 5) is 17.0. The summed E-state index contributed by atoms with van der Waals surface area (Å²) >= 11 is 1.80. The summed E-state index contributed by atoms with van der Waals surface area (Å²) in [7, 11) is 0. The van der Waals surface area contributed by atoms with Gasteiger partial charge in [-0.3, -0.25) is 9.78 Å². The van der Waals surface area contributed by atoms with Gasteiger partial charge in [0.1, 0.15) is 0 Å². The second-order valence-corrected chi connectivity index (χ2v) is 6.03. The minimum absolute atomic E-state index is 0.119. The molecule has 0 spiro atoms. The van der Waals surface area contributed by atoms with Gasteiger partial charge >= 0.3 is 0 Å². The van der Waals surface area contributed by atoms with Crippen LogP contribution in [0.5, 0.6) is 0 Å². The van der Waals surface area contributed by atoms with E-state index in [1.807, 2.05) is 24.3 Å². The van der Waals surface area contributed by atoms with E-state index < -0.39 is 0 Å². The Morgan fingerprint density at radius 2 is 1.74 bits per heavy atom. The number of carbonyl (C=O) groups excluding carboxylic acids is 1. The third-order valence-corrected chi connectivity index (χ3v) is 3.44. The Kier molecular flexibility index (Phi) is 4.58. The Bertz CT molecular complexity index is 538. The average molecular weight is 272 g/mol. The minimum atomic E-state index is -0.119. The highest BCUT2D eigenvalue weighted by Gasteiger charge is 2.05. The lowest BCUT2D eigenvalue weighted by molar-refractivity contribution is 0.102. The fraction of sp³-hybridized carbons (Fsp3) is 0.200. The Hall–Kier alpha value is -1.81.